The molecule has 8 heteroatoms. The Morgan fingerprint density at radius 1 is 0.800 bits per heavy atom. The van der Waals surface area contributed by atoms with Crippen molar-refractivity contribution >= 4 is 29.3 Å². The Hall–Kier alpha value is -3.55. The predicted octanol–water partition coefficient (Wildman–Crippen LogP) is 2.57. The lowest BCUT2D eigenvalue weighted by Gasteiger charge is -2.32. The topological polar surface area (TPSA) is 93.8 Å². The molecule has 2 aromatic carbocycles. The minimum absolute atomic E-state index is 0.0521. The third-order valence-corrected chi connectivity index (χ3v) is 5.51. The quantitative estimate of drug-likeness (QED) is 0.714. The molecule has 2 heterocycles. The number of carbonyl (C=O) groups excluding carboxylic acids is 3. The molecule has 0 saturated carbocycles. The van der Waals surface area contributed by atoms with Gasteiger partial charge in [0.1, 0.15) is 0 Å². The summed E-state index contributed by atoms with van der Waals surface area (Å²) in [6, 6.07) is 18.0. The fourth-order valence-electron chi connectivity index (χ4n) is 4.03. The van der Waals surface area contributed by atoms with Gasteiger partial charge in [-0.3, -0.25) is 4.79 Å². The largest absolute Gasteiger partial charge is 0.355 e. The highest BCUT2D eigenvalue weighted by molar-refractivity contribution is 5.91. The zero-order valence-electron chi connectivity index (χ0n) is 16.6. The van der Waals surface area contributed by atoms with Crippen LogP contribution in [0.3, 0.4) is 0 Å². The second-order valence-corrected chi connectivity index (χ2v) is 7.89. The smallest absolute Gasteiger partial charge is 0.321 e. The number of hydrogen-bond donors (Lipinski definition) is 3. The molecule has 2 saturated heterocycles. The minimum Gasteiger partial charge on any atom is -0.355 e. The van der Waals surface area contributed by atoms with Gasteiger partial charge in [0.05, 0.1) is 0 Å². The van der Waals surface area contributed by atoms with Gasteiger partial charge in [0.15, 0.2) is 0 Å². The van der Waals surface area contributed by atoms with Crippen LogP contribution in [0, 0.1) is 5.41 Å². The van der Waals surface area contributed by atoms with Crippen LogP contribution in [0.5, 0.6) is 0 Å². The van der Waals surface area contributed by atoms with E-state index < -0.39 is 5.41 Å². The standard InChI is InChI=1S/C22H25N5O3/c28-19-13-22(14-23-19)15-26(20(29)24-17-7-3-1-4-8-17)11-12-27(16-22)21(30)25-18-9-5-2-6-10-18/h1-10H,11-16H2,(H,23,28)(H,24,29)(H,25,30). The predicted molar refractivity (Wildman–Crippen MR) is 114 cm³/mol. The first-order valence-corrected chi connectivity index (χ1v) is 10.0. The molecule has 0 aliphatic carbocycles. The molecule has 3 N–H and O–H groups in total. The molecule has 0 aromatic heterocycles. The molecule has 2 fully saturated rings. The molecular formula is C22H25N5O3. The van der Waals surface area contributed by atoms with Crippen LogP contribution in [-0.2, 0) is 4.79 Å². The van der Waals surface area contributed by atoms with E-state index >= 15 is 0 Å². The molecule has 2 aliphatic heterocycles. The number of anilines is 2. The normalized spacial score (nSPS) is 17.9. The van der Waals surface area contributed by atoms with Gasteiger partial charge in [-0.15, -0.1) is 0 Å². The van der Waals surface area contributed by atoms with Gasteiger partial charge >= 0.3 is 12.1 Å². The Morgan fingerprint density at radius 3 is 1.67 bits per heavy atom. The number of amides is 5. The number of nitrogens with zero attached hydrogens (tertiary/aromatic N) is 2. The van der Waals surface area contributed by atoms with Gasteiger partial charge < -0.3 is 25.8 Å². The van der Waals surface area contributed by atoms with Crippen LogP contribution in [0.2, 0.25) is 0 Å². The lowest BCUT2D eigenvalue weighted by atomic mass is 9.86. The number of carbonyl (C=O) groups is 3. The van der Waals surface area contributed by atoms with E-state index in [4.69, 9.17) is 0 Å². The monoisotopic (exact) mass is 407 g/mol. The number of hydrogen-bond acceptors (Lipinski definition) is 3. The molecule has 8 nitrogen and oxygen atoms in total. The first-order chi connectivity index (χ1) is 14.5. The van der Waals surface area contributed by atoms with Crippen LogP contribution in [-0.4, -0.2) is 60.5 Å². The Bertz CT molecular complexity index is 855. The highest BCUT2D eigenvalue weighted by atomic mass is 16.2. The minimum atomic E-state index is -0.504. The zero-order valence-corrected chi connectivity index (χ0v) is 16.6. The van der Waals surface area contributed by atoms with Gasteiger partial charge in [-0.2, -0.15) is 0 Å². The average molecular weight is 407 g/mol. The van der Waals surface area contributed by atoms with Crippen molar-refractivity contribution < 1.29 is 14.4 Å². The van der Waals surface area contributed by atoms with Crippen molar-refractivity contribution in [3.05, 3.63) is 60.7 Å². The summed E-state index contributed by atoms with van der Waals surface area (Å²) in [5, 5.41) is 8.68. The van der Waals surface area contributed by atoms with E-state index in [9.17, 15) is 14.4 Å². The van der Waals surface area contributed by atoms with E-state index in [-0.39, 0.29) is 24.4 Å². The number of urea groups is 2. The zero-order chi connectivity index (χ0) is 21.0. The van der Waals surface area contributed by atoms with Crippen molar-refractivity contribution in [2.24, 2.45) is 5.41 Å². The number of nitrogens with one attached hydrogen (secondary N) is 3. The molecule has 156 valence electrons. The maximum absolute atomic E-state index is 12.9. The first-order valence-electron chi connectivity index (χ1n) is 10.0. The van der Waals surface area contributed by atoms with Crippen molar-refractivity contribution in [1.29, 1.82) is 0 Å². The number of rotatable bonds is 2. The summed E-state index contributed by atoms with van der Waals surface area (Å²) in [6.07, 6.45) is 0.289. The molecule has 2 aromatic rings. The van der Waals surface area contributed by atoms with Crippen LogP contribution in [0.1, 0.15) is 6.42 Å². The van der Waals surface area contributed by atoms with Crippen molar-refractivity contribution in [3.63, 3.8) is 0 Å². The summed E-state index contributed by atoms with van der Waals surface area (Å²) < 4.78 is 0. The molecule has 2 aliphatic rings. The van der Waals surface area contributed by atoms with E-state index in [1.807, 2.05) is 60.7 Å². The average Bonchev–Trinajstić information content (AvgIpc) is 2.99. The highest BCUT2D eigenvalue weighted by Crippen LogP contribution is 2.31. The van der Waals surface area contributed by atoms with E-state index in [0.717, 1.165) is 0 Å². The van der Waals surface area contributed by atoms with Crippen molar-refractivity contribution in [2.75, 3.05) is 43.4 Å². The van der Waals surface area contributed by atoms with E-state index in [0.29, 0.717) is 44.1 Å². The van der Waals surface area contributed by atoms with E-state index in [1.54, 1.807) is 9.80 Å². The van der Waals surface area contributed by atoms with Gasteiger partial charge in [0.25, 0.3) is 0 Å². The van der Waals surface area contributed by atoms with Crippen molar-refractivity contribution in [1.82, 2.24) is 15.1 Å². The number of para-hydroxylation sites is 2. The second-order valence-electron chi connectivity index (χ2n) is 7.89. The molecule has 0 atom stereocenters. The molecule has 0 radical (unpaired) electrons. The molecule has 1 spiro atoms. The lowest BCUT2D eigenvalue weighted by Crippen LogP contribution is -2.46. The second kappa shape index (κ2) is 8.44. The first kappa shape index (κ1) is 19.8. The van der Waals surface area contributed by atoms with Crippen LogP contribution < -0.4 is 16.0 Å². The van der Waals surface area contributed by atoms with E-state index in [2.05, 4.69) is 16.0 Å². The van der Waals surface area contributed by atoms with E-state index in [1.165, 1.54) is 0 Å². The molecule has 5 amide bonds. The Kier molecular flexibility index (Phi) is 5.56. The van der Waals surface area contributed by atoms with Crippen LogP contribution >= 0.6 is 0 Å². The van der Waals surface area contributed by atoms with Crippen LogP contribution in [0.15, 0.2) is 60.7 Å². The molecule has 4 rings (SSSR count). The Balaban J connectivity index is 1.50. The van der Waals surface area contributed by atoms with Gasteiger partial charge in [-0.05, 0) is 24.3 Å². The Morgan fingerprint density at radius 2 is 1.27 bits per heavy atom. The highest BCUT2D eigenvalue weighted by Gasteiger charge is 2.45. The van der Waals surface area contributed by atoms with Crippen molar-refractivity contribution in [3.8, 4) is 0 Å². The summed E-state index contributed by atoms with van der Waals surface area (Å²) >= 11 is 0. The maximum Gasteiger partial charge on any atom is 0.321 e. The summed E-state index contributed by atoms with van der Waals surface area (Å²) in [4.78, 5) is 41.2. The van der Waals surface area contributed by atoms with Gasteiger partial charge in [0, 0.05) is 55.9 Å². The fraction of sp³-hybridized carbons (Fsp3) is 0.318. The SMILES string of the molecule is O=C1CC2(CN1)CN(C(=O)Nc1ccccc1)CCN(C(=O)Nc1ccccc1)C2. The summed E-state index contributed by atoms with van der Waals surface area (Å²) in [6.45, 7) is 2.02. The summed E-state index contributed by atoms with van der Waals surface area (Å²) in [5.41, 5.74) is 0.913. The Labute approximate surface area is 175 Å². The molecule has 30 heavy (non-hydrogen) atoms. The molecule has 0 unspecified atom stereocenters. The lowest BCUT2D eigenvalue weighted by molar-refractivity contribution is -0.119. The number of benzene rings is 2. The van der Waals surface area contributed by atoms with Gasteiger partial charge in [-0.25, -0.2) is 9.59 Å². The molecular weight excluding hydrogens is 382 g/mol. The van der Waals surface area contributed by atoms with Gasteiger partial charge in [-0.1, -0.05) is 36.4 Å². The third-order valence-electron chi connectivity index (χ3n) is 5.51. The van der Waals surface area contributed by atoms with Crippen LogP contribution in [0.4, 0.5) is 21.0 Å². The maximum atomic E-state index is 12.9. The molecule has 0 bridgehead atoms. The van der Waals surface area contributed by atoms with Crippen LogP contribution in [0.25, 0.3) is 0 Å². The third kappa shape index (κ3) is 4.53. The summed E-state index contributed by atoms with van der Waals surface area (Å²) in [7, 11) is 0. The fourth-order valence-corrected chi connectivity index (χ4v) is 4.03. The van der Waals surface area contributed by atoms with Gasteiger partial charge in [0.2, 0.25) is 5.91 Å². The summed E-state index contributed by atoms with van der Waals surface area (Å²) in [5.74, 6) is -0.0521. The van der Waals surface area contributed by atoms with Crippen molar-refractivity contribution in [2.45, 2.75) is 6.42 Å².